The molecule has 3 fully saturated rings. The Morgan fingerprint density at radius 3 is 2.69 bits per heavy atom. The normalized spacial score (nSPS) is 44.2. The molecule has 0 aliphatic heterocycles. The number of Topliss-reactive ketones (excluding diaryl/α,β-unsaturated/α-hetero) is 1. The summed E-state index contributed by atoms with van der Waals surface area (Å²) in [6.45, 7) is 3.38. The number of likely N-dealkylation sites (N-methyl/N-ethyl adjacent to an activating group) is 1. The minimum atomic E-state index is -1.57. The van der Waals surface area contributed by atoms with Gasteiger partial charge in [0.1, 0.15) is 12.2 Å². The fraction of sp³-hybridized carbons (Fsp3) is 0.792. The number of carbonyl (C=O) groups is 2. The summed E-state index contributed by atoms with van der Waals surface area (Å²) in [6.07, 6.45) is 6.20. The Balaban J connectivity index is 1.59. The lowest BCUT2D eigenvalue weighted by atomic mass is 9.45. The monoisotopic (exact) mass is 448 g/mol. The minimum Gasteiger partial charge on any atom is -0.393 e. The third-order valence-corrected chi connectivity index (χ3v) is 9.32. The number of rotatable bonds is 5. The summed E-state index contributed by atoms with van der Waals surface area (Å²) in [5.41, 5.74) is -0.386. The van der Waals surface area contributed by atoms with Crippen molar-refractivity contribution in [2.75, 3.05) is 20.3 Å². The van der Waals surface area contributed by atoms with Gasteiger partial charge in [0.2, 0.25) is 0 Å². The highest BCUT2D eigenvalue weighted by Gasteiger charge is 2.68. The van der Waals surface area contributed by atoms with Crippen molar-refractivity contribution in [3.8, 4) is 0 Å². The van der Waals surface area contributed by atoms with Crippen LogP contribution in [0, 0.1) is 28.6 Å². The summed E-state index contributed by atoms with van der Waals surface area (Å²) >= 11 is 0. The molecule has 0 aromatic heterocycles. The van der Waals surface area contributed by atoms with Crippen molar-refractivity contribution in [1.29, 1.82) is 0 Å². The quantitative estimate of drug-likeness (QED) is 0.470. The van der Waals surface area contributed by atoms with Crippen molar-refractivity contribution in [2.45, 2.75) is 70.5 Å². The zero-order valence-corrected chi connectivity index (χ0v) is 19.3. The lowest BCUT2D eigenvalue weighted by Gasteiger charge is -2.60. The van der Waals surface area contributed by atoms with E-state index in [-0.39, 0.29) is 35.7 Å². The van der Waals surface area contributed by atoms with Crippen LogP contribution in [0.1, 0.15) is 58.8 Å². The molecule has 0 aromatic rings. The molecule has 8 nitrogen and oxygen atoms in total. The van der Waals surface area contributed by atoms with E-state index in [0.717, 1.165) is 31.4 Å². The number of carbonyl (C=O) groups excluding carboxylic acids is 2. The van der Waals surface area contributed by atoms with Gasteiger partial charge in [-0.25, -0.2) is 0 Å². The summed E-state index contributed by atoms with van der Waals surface area (Å²) in [5, 5.41) is 38.8. The number of allylic oxidation sites excluding steroid dienone is 2. The molecule has 178 valence electrons. The van der Waals surface area contributed by atoms with E-state index >= 15 is 0 Å². The summed E-state index contributed by atoms with van der Waals surface area (Å²) in [5.74, 6) is -0.339. The average Bonchev–Trinajstić information content (AvgIpc) is 3.04. The first-order valence-corrected chi connectivity index (χ1v) is 11.8. The Bertz CT molecular complexity index is 855. The fourth-order valence-electron chi connectivity index (χ4n) is 7.61. The number of aliphatic hydroxyl groups is 3. The van der Waals surface area contributed by atoms with Gasteiger partial charge in [-0.2, -0.15) is 0 Å². The number of hydrogen-bond donors (Lipinski definition) is 4. The summed E-state index contributed by atoms with van der Waals surface area (Å²) in [7, 11) is 1.55. The maximum Gasteiger partial charge on any atom is 0.260 e. The van der Waals surface area contributed by atoms with Crippen molar-refractivity contribution in [3.05, 3.63) is 11.6 Å². The van der Waals surface area contributed by atoms with Gasteiger partial charge in [0.15, 0.2) is 12.4 Å². The second-order valence-electron chi connectivity index (χ2n) is 10.6. The van der Waals surface area contributed by atoms with Gasteiger partial charge in [-0.05, 0) is 74.2 Å². The molecule has 32 heavy (non-hydrogen) atoms. The Morgan fingerprint density at radius 2 is 2.00 bits per heavy atom. The molecule has 8 heteroatoms. The minimum absolute atomic E-state index is 0.0560. The first kappa shape index (κ1) is 23.4. The predicted octanol–water partition coefficient (Wildman–Crippen LogP) is 1.33. The Labute approximate surface area is 189 Å². The molecule has 4 rings (SSSR count). The average molecular weight is 449 g/mol. The van der Waals surface area contributed by atoms with Gasteiger partial charge in [-0.15, -0.1) is 0 Å². The van der Waals surface area contributed by atoms with Crippen LogP contribution in [0.2, 0.25) is 0 Å². The number of ketones is 1. The Hall–Kier alpha value is -1.77. The molecule has 0 spiro atoms. The maximum atomic E-state index is 12.5. The third kappa shape index (κ3) is 3.33. The lowest BCUT2D eigenvalue weighted by Crippen LogP contribution is -2.62. The van der Waals surface area contributed by atoms with Crippen molar-refractivity contribution >= 4 is 17.4 Å². The van der Waals surface area contributed by atoms with Crippen LogP contribution in [0.15, 0.2) is 16.8 Å². The zero-order valence-electron chi connectivity index (χ0n) is 19.3. The van der Waals surface area contributed by atoms with E-state index in [1.54, 1.807) is 7.05 Å². The number of oxime groups is 1. The summed E-state index contributed by atoms with van der Waals surface area (Å²) in [6, 6.07) is 0. The molecular formula is C24H36N2O6. The highest BCUT2D eigenvalue weighted by molar-refractivity contribution is 5.96. The van der Waals surface area contributed by atoms with E-state index in [1.165, 1.54) is 5.57 Å². The molecule has 7 atom stereocenters. The second-order valence-corrected chi connectivity index (χ2v) is 10.6. The molecule has 4 aliphatic carbocycles. The molecule has 3 unspecified atom stereocenters. The first-order chi connectivity index (χ1) is 15.1. The lowest BCUT2D eigenvalue weighted by molar-refractivity contribution is -0.181. The highest BCUT2D eigenvalue weighted by atomic mass is 16.6. The smallest absolute Gasteiger partial charge is 0.260 e. The van der Waals surface area contributed by atoms with Crippen LogP contribution in [0.25, 0.3) is 0 Å². The van der Waals surface area contributed by atoms with E-state index in [2.05, 4.69) is 23.5 Å². The van der Waals surface area contributed by atoms with Crippen LogP contribution in [0.5, 0.6) is 0 Å². The van der Waals surface area contributed by atoms with Gasteiger partial charge in [0.25, 0.3) is 5.91 Å². The molecule has 0 heterocycles. The fourth-order valence-corrected chi connectivity index (χ4v) is 7.61. The summed E-state index contributed by atoms with van der Waals surface area (Å²) in [4.78, 5) is 29.0. The van der Waals surface area contributed by atoms with Gasteiger partial charge in [-0.3, -0.25) is 9.59 Å². The zero-order chi connectivity index (χ0) is 23.3. The van der Waals surface area contributed by atoms with Gasteiger partial charge in [0, 0.05) is 12.5 Å². The molecule has 0 radical (unpaired) electrons. The predicted molar refractivity (Wildman–Crippen MR) is 118 cm³/mol. The SMILES string of the molecule is CNC(=O)CO/N=C1/C=C2CCC3C([C@@H](O)C[C@@]4(C)C3CC[C@]4(O)C(=O)CO)[C@@]2(C)CC1. The van der Waals surface area contributed by atoms with Crippen LogP contribution >= 0.6 is 0 Å². The largest absolute Gasteiger partial charge is 0.393 e. The van der Waals surface area contributed by atoms with Crippen LogP contribution < -0.4 is 5.32 Å². The maximum absolute atomic E-state index is 12.5. The van der Waals surface area contributed by atoms with Crippen molar-refractivity contribution in [2.24, 2.45) is 33.7 Å². The second kappa shape index (κ2) is 8.22. The first-order valence-electron chi connectivity index (χ1n) is 11.8. The van der Waals surface area contributed by atoms with Crippen LogP contribution in [0.3, 0.4) is 0 Å². The molecule has 0 aromatic carbocycles. The number of amides is 1. The van der Waals surface area contributed by atoms with Crippen molar-refractivity contribution in [1.82, 2.24) is 5.32 Å². The Kier molecular flexibility index (Phi) is 6.01. The molecular weight excluding hydrogens is 412 g/mol. The van der Waals surface area contributed by atoms with Crippen LogP contribution in [-0.4, -0.2) is 64.7 Å². The standard InChI is InChI=1S/C24H36N2O6/c1-22-8-6-15(26-32-13-20(30)25-3)10-14(22)4-5-16-17-7-9-24(31,19(29)12-27)23(17,2)11-18(28)21(16)22/h10,16-18,21,27-28,31H,4-9,11-13H2,1-3H3,(H,25,30)/b26-15+/t16?,17?,18-,21?,22-,23-,24-/m0/s1. The van der Waals surface area contributed by atoms with Crippen molar-refractivity contribution < 1.29 is 29.7 Å². The van der Waals surface area contributed by atoms with Crippen molar-refractivity contribution in [3.63, 3.8) is 0 Å². The number of hydrogen-bond acceptors (Lipinski definition) is 7. The van der Waals surface area contributed by atoms with Gasteiger partial charge in [-0.1, -0.05) is 24.6 Å². The summed E-state index contributed by atoms with van der Waals surface area (Å²) < 4.78 is 0. The van der Waals surface area contributed by atoms with E-state index in [9.17, 15) is 24.9 Å². The molecule has 0 saturated heterocycles. The van der Waals surface area contributed by atoms with Gasteiger partial charge in [0.05, 0.1) is 11.8 Å². The molecule has 3 saturated carbocycles. The Morgan fingerprint density at radius 1 is 1.25 bits per heavy atom. The molecule has 1 amide bonds. The third-order valence-electron chi connectivity index (χ3n) is 9.32. The van der Waals surface area contributed by atoms with Gasteiger partial charge < -0.3 is 25.5 Å². The van der Waals surface area contributed by atoms with Crippen LogP contribution in [0.4, 0.5) is 0 Å². The van der Waals surface area contributed by atoms with Crippen LogP contribution in [-0.2, 0) is 14.4 Å². The highest BCUT2D eigenvalue weighted by Crippen LogP contribution is 2.67. The molecule has 4 aliphatic rings. The number of aliphatic hydroxyl groups excluding tert-OH is 2. The van der Waals surface area contributed by atoms with E-state index in [4.69, 9.17) is 4.84 Å². The van der Waals surface area contributed by atoms with E-state index in [1.807, 2.05) is 6.92 Å². The van der Waals surface area contributed by atoms with E-state index < -0.39 is 29.5 Å². The number of nitrogens with one attached hydrogen (secondary N) is 1. The number of fused-ring (bicyclic) bond motifs is 5. The number of nitrogens with zero attached hydrogens (tertiary/aromatic N) is 1. The van der Waals surface area contributed by atoms with Gasteiger partial charge >= 0.3 is 0 Å². The molecule has 4 N–H and O–H groups in total. The van der Waals surface area contributed by atoms with E-state index in [0.29, 0.717) is 19.3 Å². The topological polar surface area (TPSA) is 128 Å². The molecule has 0 bridgehead atoms.